The fourth-order valence-corrected chi connectivity index (χ4v) is 4.57. The molecule has 4 rings (SSSR count). The van der Waals surface area contributed by atoms with Crippen LogP contribution in [-0.2, 0) is 14.3 Å². The maximum Gasteiger partial charge on any atom is 0.295 e. The van der Waals surface area contributed by atoms with Gasteiger partial charge in [0.25, 0.3) is 11.7 Å². The first-order valence-electron chi connectivity index (χ1n) is 11.0. The molecule has 0 aliphatic carbocycles. The highest BCUT2D eigenvalue weighted by Crippen LogP contribution is 2.41. The zero-order valence-corrected chi connectivity index (χ0v) is 19.9. The van der Waals surface area contributed by atoms with Crippen molar-refractivity contribution < 1.29 is 28.9 Å². The molecule has 2 fully saturated rings. The van der Waals surface area contributed by atoms with E-state index in [-0.39, 0.29) is 16.4 Å². The molecular formula is C25H27ClN2O6. The van der Waals surface area contributed by atoms with E-state index in [4.69, 9.17) is 25.8 Å². The van der Waals surface area contributed by atoms with E-state index >= 15 is 0 Å². The largest absolute Gasteiger partial charge is 0.507 e. The van der Waals surface area contributed by atoms with Gasteiger partial charge in [0, 0.05) is 31.7 Å². The third-order valence-electron chi connectivity index (χ3n) is 6.14. The van der Waals surface area contributed by atoms with Crippen molar-refractivity contribution in [1.29, 1.82) is 0 Å². The number of Topliss-reactive ketones (excluding diaryl/α,β-unsaturated/α-hetero) is 1. The molecule has 0 aromatic heterocycles. The van der Waals surface area contributed by atoms with Gasteiger partial charge in [0.1, 0.15) is 17.3 Å². The van der Waals surface area contributed by atoms with Gasteiger partial charge in [-0.05, 0) is 35.9 Å². The molecule has 8 nitrogen and oxygen atoms in total. The molecule has 180 valence electrons. The second-order valence-corrected chi connectivity index (χ2v) is 8.48. The van der Waals surface area contributed by atoms with Gasteiger partial charge >= 0.3 is 0 Å². The maximum absolute atomic E-state index is 13.2. The van der Waals surface area contributed by atoms with E-state index in [9.17, 15) is 14.7 Å². The lowest BCUT2D eigenvalue weighted by Gasteiger charge is -2.31. The number of ketones is 1. The van der Waals surface area contributed by atoms with Crippen LogP contribution < -0.4 is 9.47 Å². The Hall–Kier alpha value is -3.07. The van der Waals surface area contributed by atoms with Crippen LogP contribution in [0.3, 0.4) is 0 Å². The fraction of sp³-hybridized carbons (Fsp3) is 0.360. The number of hydrogen-bond donors (Lipinski definition) is 1. The molecule has 2 saturated heterocycles. The first-order chi connectivity index (χ1) is 16.4. The van der Waals surface area contributed by atoms with Gasteiger partial charge in [-0.25, -0.2) is 0 Å². The Morgan fingerprint density at radius 2 is 1.85 bits per heavy atom. The average molecular weight is 487 g/mol. The zero-order chi connectivity index (χ0) is 24.2. The summed E-state index contributed by atoms with van der Waals surface area (Å²) in [5.74, 6) is -0.650. The van der Waals surface area contributed by atoms with Gasteiger partial charge in [-0.3, -0.25) is 14.5 Å². The molecule has 0 radical (unpaired) electrons. The lowest BCUT2D eigenvalue weighted by Crippen LogP contribution is -2.42. The lowest BCUT2D eigenvalue weighted by molar-refractivity contribution is -0.140. The molecular weight excluding hydrogens is 460 g/mol. The summed E-state index contributed by atoms with van der Waals surface area (Å²) in [7, 11) is 3.04. The van der Waals surface area contributed by atoms with Crippen LogP contribution in [0.25, 0.3) is 5.76 Å². The molecule has 1 atom stereocenters. The molecule has 2 aromatic rings. The van der Waals surface area contributed by atoms with E-state index in [1.165, 1.54) is 18.1 Å². The van der Waals surface area contributed by atoms with Gasteiger partial charge in [-0.1, -0.05) is 23.7 Å². The monoisotopic (exact) mass is 486 g/mol. The van der Waals surface area contributed by atoms with E-state index in [2.05, 4.69) is 4.90 Å². The molecule has 9 heteroatoms. The van der Waals surface area contributed by atoms with Crippen molar-refractivity contribution in [2.75, 3.05) is 53.6 Å². The molecule has 2 aromatic carbocycles. The number of morpholine rings is 1. The van der Waals surface area contributed by atoms with E-state index in [1.54, 1.807) is 37.4 Å². The summed E-state index contributed by atoms with van der Waals surface area (Å²) in [6, 6.07) is 11.1. The highest BCUT2D eigenvalue weighted by atomic mass is 35.5. The van der Waals surface area contributed by atoms with Crippen LogP contribution in [0.1, 0.15) is 17.2 Å². The second-order valence-electron chi connectivity index (χ2n) is 8.07. The van der Waals surface area contributed by atoms with Crippen LogP contribution in [0.4, 0.5) is 0 Å². The lowest BCUT2D eigenvalue weighted by atomic mass is 9.95. The number of methoxy groups -OCH3 is 2. The second kappa shape index (κ2) is 10.5. The average Bonchev–Trinajstić information content (AvgIpc) is 3.12. The Labute approximate surface area is 203 Å². The molecule has 0 saturated carbocycles. The summed E-state index contributed by atoms with van der Waals surface area (Å²) in [6.45, 7) is 3.71. The summed E-state index contributed by atoms with van der Waals surface area (Å²) in [6.07, 6.45) is 0. The zero-order valence-electron chi connectivity index (χ0n) is 19.1. The van der Waals surface area contributed by atoms with Crippen LogP contribution in [-0.4, -0.2) is 80.2 Å². The number of halogens is 1. The van der Waals surface area contributed by atoms with Crippen LogP contribution >= 0.6 is 11.6 Å². The number of benzene rings is 2. The number of rotatable bonds is 7. The standard InChI is InChI=1S/C25H27ClN2O6/c1-32-18-5-3-4-16(14-18)22-21(23(29)17-6-7-20(33-2)19(26)15-17)24(30)25(31)28(22)9-8-27-10-12-34-13-11-27/h3-7,14-15,22,29H,8-13H2,1-2H3/b23-21+/t22-/m0/s1. The normalized spacial score (nSPS) is 20.6. The molecule has 2 aliphatic heterocycles. The van der Waals surface area contributed by atoms with Crippen LogP contribution in [0.15, 0.2) is 48.0 Å². The van der Waals surface area contributed by atoms with Gasteiger partial charge < -0.3 is 24.2 Å². The predicted octanol–water partition coefficient (Wildman–Crippen LogP) is 3.11. The van der Waals surface area contributed by atoms with Gasteiger partial charge in [0.15, 0.2) is 0 Å². The van der Waals surface area contributed by atoms with Crippen molar-refractivity contribution in [2.24, 2.45) is 0 Å². The van der Waals surface area contributed by atoms with Crippen LogP contribution in [0.2, 0.25) is 5.02 Å². The molecule has 34 heavy (non-hydrogen) atoms. The Morgan fingerprint density at radius 3 is 2.53 bits per heavy atom. The third-order valence-corrected chi connectivity index (χ3v) is 6.43. The number of carbonyl (C=O) groups is 2. The Bertz CT molecular complexity index is 1110. The SMILES string of the molecule is COc1cccc([C@H]2/C(=C(\O)c3ccc(OC)c(Cl)c3)C(=O)C(=O)N2CCN2CCOCC2)c1. The van der Waals surface area contributed by atoms with E-state index in [0.29, 0.717) is 48.9 Å². The van der Waals surface area contributed by atoms with Crippen molar-refractivity contribution >= 4 is 29.1 Å². The molecule has 2 aliphatic rings. The summed E-state index contributed by atoms with van der Waals surface area (Å²) in [5.41, 5.74) is 1.01. The minimum atomic E-state index is -0.767. The smallest absolute Gasteiger partial charge is 0.295 e. The fourth-order valence-electron chi connectivity index (χ4n) is 4.31. The molecule has 1 N–H and O–H groups in total. The Morgan fingerprint density at radius 1 is 1.09 bits per heavy atom. The van der Waals surface area contributed by atoms with Gasteiger partial charge in [0.2, 0.25) is 0 Å². The molecule has 0 bridgehead atoms. The van der Waals surface area contributed by atoms with Gasteiger partial charge in [0.05, 0.1) is 44.1 Å². The van der Waals surface area contributed by atoms with E-state index in [0.717, 1.165) is 13.1 Å². The topological polar surface area (TPSA) is 88.5 Å². The van der Waals surface area contributed by atoms with Gasteiger partial charge in [-0.15, -0.1) is 0 Å². The van der Waals surface area contributed by atoms with Crippen molar-refractivity contribution in [3.63, 3.8) is 0 Å². The number of amides is 1. The Kier molecular flexibility index (Phi) is 7.41. The molecule has 0 spiro atoms. The third kappa shape index (κ3) is 4.75. The van der Waals surface area contributed by atoms with Crippen molar-refractivity contribution in [3.8, 4) is 11.5 Å². The summed E-state index contributed by atoms with van der Waals surface area (Å²) in [4.78, 5) is 30.0. The highest BCUT2D eigenvalue weighted by molar-refractivity contribution is 6.46. The highest BCUT2D eigenvalue weighted by Gasteiger charge is 2.46. The number of nitrogens with zero attached hydrogens (tertiary/aromatic N) is 2. The first kappa shape index (κ1) is 24.1. The van der Waals surface area contributed by atoms with Crippen molar-refractivity contribution in [2.45, 2.75) is 6.04 Å². The minimum absolute atomic E-state index is 0.0152. The first-order valence-corrected chi connectivity index (χ1v) is 11.4. The maximum atomic E-state index is 13.2. The minimum Gasteiger partial charge on any atom is -0.507 e. The summed E-state index contributed by atoms with van der Waals surface area (Å²) < 4.78 is 15.9. The van der Waals surface area contributed by atoms with E-state index < -0.39 is 17.7 Å². The molecule has 2 heterocycles. The molecule has 1 amide bonds. The Balaban J connectivity index is 1.76. The number of aliphatic hydroxyl groups is 1. The number of likely N-dealkylation sites (tertiary alicyclic amines) is 1. The van der Waals surface area contributed by atoms with Gasteiger partial charge in [-0.2, -0.15) is 0 Å². The van der Waals surface area contributed by atoms with Crippen LogP contribution in [0.5, 0.6) is 11.5 Å². The number of carbonyl (C=O) groups excluding carboxylic acids is 2. The predicted molar refractivity (Wildman–Crippen MR) is 127 cm³/mol. The van der Waals surface area contributed by atoms with E-state index in [1.807, 2.05) is 6.07 Å². The summed E-state index contributed by atoms with van der Waals surface area (Å²) >= 11 is 6.25. The number of aliphatic hydroxyl groups excluding tert-OH is 1. The number of ether oxygens (including phenoxy) is 3. The number of hydrogen-bond acceptors (Lipinski definition) is 7. The quantitative estimate of drug-likeness (QED) is 0.365. The van der Waals surface area contributed by atoms with Crippen LogP contribution in [0, 0.1) is 0 Å². The van der Waals surface area contributed by atoms with Crippen molar-refractivity contribution in [3.05, 3.63) is 64.2 Å². The van der Waals surface area contributed by atoms with Crippen molar-refractivity contribution in [1.82, 2.24) is 9.80 Å². The molecule has 0 unspecified atom stereocenters. The summed E-state index contributed by atoms with van der Waals surface area (Å²) in [5, 5.41) is 11.5.